The summed E-state index contributed by atoms with van der Waals surface area (Å²) in [4.78, 5) is 22.6. The smallest absolute Gasteiger partial charge is 0.323 e. The number of hydrogen-bond acceptors (Lipinski definition) is 3. The van der Waals surface area contributed by atoms with Crippen molar-refractivity contribution >= 4 is 11.9 Å². The van der Waals surface area contributed by atoms with Crippen LogP contribution in [0.25, 0.3) is 0 Å². The van der Waals surface area contributed by atoms with E-state index < -0.39 is 5.97 Å². The molecule has 0 aromatic heterocycles. The van der Waals surface area contributed by atoms with Crippen LogP contribution < -0.4 is 0 Å². The number of carbonyl (C=O) groups is 2. The highest BCUT2D eigenvalue weighted by Gasteiger charge is 2.30. The Kier molecular flexibility index (Phi) is 2.65. The van der Waals surface area contributed by atoms with Gasteiger partial charge in [-0.1, -0.05) is 0 Å². The monoisotopic (exact) mass is 173 g/mol. The molecule has 1 fully saturated rings. The minimum atomic E-state index is -0.986. The third kappa shape index (κ3) is 1.94. The van der Waals surface area contributed by atoms with Gasteiger partial charge in [0.1, 0.15) is 6.54 Å². The summed E-state index contributed by atoms with van der Waals surface area (Å²) in [5.41, 5.74) is 0. The van der Waals surface area contributed by atoms with Crippen molar-refractivity contribution in [3.63, 3.8) is 0 Å². The number of carbonyl (C=O) groups excluding carboxylic acids is 1. The van der Waals surface area contributed by atoms with Crippen molar-refractivity contribution in [1.29, 1.82) is 0 Å². The molecule has 0 radical (unpaired) electrons. The van der Waals surface area contributed by atoms with Crippen molar-refractivity contribution in [3.8, 4) is 0 Å². The second-order valence-corrected chi connectivity index (χ2v) is 2.73. The molecule has 1 saturated heterocycles. The Labute approximate surface area is 69.9 Å². The molecule has 0 aromatic carbocycles. The van der Waals surface area contributed by atoms with E-state index >= 15 is 0 Å². The Bertz CT molecular complexity index is 204. The molecule has 1 heterocycles. The fraction of sp³-hybridized carbons (Fsp3) is 0.714. The molecule has 68 valence electrons. The van der Waals surface area contributed by atoms with E-state index in [0.29, 0.717) is 13.0 Å². The van der Waals surface area contributed by atoms with Crippen LogP contribution in [0, 0.1) is 0 Å². The Balaban J connectivity index is 2.46. The van der Waals surface area contributed by atoms with Crippen LogP contribution in [0.2, 0.25) is 0 Å². The highest BCUT2D eigenvalue weighted by molar-refractivity contribution is 5.83. The van der Waals surface area contributed by atoms with Crippen molar-refractivity contribution in [2.45, 2.75) is 12.5 Å². The summed E-state index contributed by atoms with van der Waals surface area (Å²) in [6, 6.07) is 0. The van der Waals surface area contributed by atoms with E-state index in [2.05, 4.69) is 0 Å². The van der Waals surface area contributed by atoms with Gasteiger partial charge in [0, 0.05) is 13.7 Å². The molecule has 1 aliphatic rings. The molecule has 1 rings (SSSR count). The summed E-state index contributed by atoms with van der Waals surface area (Å²) < 4.78 is 4.94. The summed E-state index contributed by atoms with van der Waals surface area (Å²) >= 11 is 0. The predicted molar refractivity (Wildman–Crippen MR) is 39.6 cm³/mol. The third-order valence-electron chi connectivity index (χ3n) is 1.84. The van der Waals surface area contributed by atoms with Crippen molar-refractivity contribution < 1.29 is 19.4 Å². The zero-order valence-corrected chi connectivity index (χ0v) is 6.82. The molecular formula is C7H11NO4. The quantitative estimate of drug-likeness (QED) is 0.614. The van der Waals surface area contributed by atoms with Gasteiger partial charge in [-0.15, -0.1) is 0 Å². The molecule has 0 bridgehead atoms. The Morgan fingerprint density at radius 1 is 1.83 bits per heavy atom. The summed E-state index contributed by atoms with van der Waals surface area (Å²) in [5, 5.41) is 8.42. The molecule has 5 heteroatoms. The molecule has 12 heavy (non-hydrogen) atoms. The molecule has 5 nitrogen and oxygen atoms in total. The predicted octanol–water partition coefficient (Wildman–Crippen LogP) is -0.682. The number of carboxylic acids is 1. The molecule has 1 atom stereocenters. The lowest BCUT2D eigenvalue weighted by atomic mass is 10.3. The van der Waals surface area contributed by atoms with E-state index in [1.165, 1.54) is 12.0 Å². The third-order valence-corrected chi connectivity index (χ3v) is 1.84. The second kappa shape index (κ2) is 3.53. The van der Waals surface area contributed by atoms with Crippen LogP contribution >= 0.6 is 0 Å². The molecule has 0 aliphatic carbocycles. The topological polar surface area (TPSA) is 66.8 Å². The van der Waals surface area contributed by atoms with Crippen LogP contribution in [-0.4, -0.2) is 48.2 Å². The van der Waals surface area contributed by atoms with E-state index in [4.69, 9.17) is 9.84 Å². The van der Waals surface area contributed by atoms with E-state index in [1.807, 2.05) is 0 Å². The fourth-order valence-electron chi connectivity index (χ4n) is 1.21. The highest BCUT2D eigenvalue weighted by Crippen LogP contribution is 2.12. The first-order valence-electron chi connectivity index (χ1n) is 3.66. The lowest BCUT2D eigenvalue weighted by Gasteiger charge is -2.12. The average Bonchev–Trinajstić information content (AvgIpc) is 2.31. The summed E-state index contributed by atoms with van der Waals surface area (Å²) in [7, 11) is 1.52. The largest absolute Gasteiger partial charge is 0.480 e. The van der Waals surface area contributed by atoms with Crippen molar-refractivity contribution in [1.82, 2.24) is 4.90 Å². The molecule has 0 spiro atoms. The van der Waals surface area contributed by atoms with Gasteiger partial charge in [0.15, 0.2) is 0 Å². The first-order chi connectivity index (χ1) is 5.63. The van der Waals surface area contributed by atoms with E-state index in [0.717, 1.165) is 0 Å². The number of nitrogens with zero attached hydrogens (tertiary/aromatic N) is 1. The SMILES string of the molecule is CO[C@H]1CC(=O)N(CC(=O)O)C1. The molecule has 1 amide bonds. The van der Waals surface area contributed by atoms with Gasteiger partial charge in [-0.05, 0) is 0 Å². The fourth-order valence-corrected chi connectivity index (χ4v) is 1.21. The van der Waals surface area contributed by atoms with Gasteiger partial charge in [-0.25, -0.2) is 0 Å². The van der Waals surface area contributed by atoms with Gasteiger partial charge in [0.25, 0.3) is 0 Å². The van der Waals surface area contributed by atoms with Crippen molar-refractivity contribution in [2.75, 3.05) is 20.2 Å². The number of likely N-dealkylation sites (tertiary alicyclic amines) is 1. The van der Waals surface area contributed by atoms with Crippen molar-refractivity contribution in [3.05, 3.63) is 0 Å². The molecule has 1 N–H and O–H groups in total. The average molecular weight is 173 g/mol. The summed E-state index contributed by atoms with van der Waals surface area (Å²) in [6.07, 6.45) is 0.154. The van der Waals surface area contributed by atoms with Crippen LogP contribution in [0.4, 0.5) is 0 Å². The Morgan fingerprint density at radius 2 is 2.50 bits per heavy atom. The van der Waals surface area contributed by atoms with Gasteiger partial charge in [-0.3, -0.25) is 9.59 Å². The van der Waals surface area contributed by atoms with Crippen LogP contribution in [0.15, 0.2) is 0 Å². The number of amides is 1. The molecular weight excluding hydrogens is 162 g/mol. The minimum Gasteiger partial charge on any atom is -0.480 e. The Hall–Kier alpha value is -1.10. The molecule has 0 aromatic rings. The number of hydrogen-bond donors (Lipinski definition) is 1. The van der Waals surface area contributed by atoms with Crippen LogP contribution in [-0.2, 0) is 14.3 Å². The maximum absolute atomic E-state index is 11.1. The lowest BCUT2D eigenvalue weighted by molar-refractivity contribution is -0.142. The van der Waals surface area contributed by atoms with Gasteiger partial charge in [0.2, 0.25) is 5.91 Å². The number of rotatable bonds is 3. The van der Waals surface area contributed by atoms with E-state index in [1.54, 1.807) is 0 Å². The normalized spacial score (nSPS) is 23.2. The van der Waals surface area contributed by atoms with Gasteiger partial charge < -0.3 is 14.7 Å². The number of carboxylic acid groups (broad SMARTS) is 1. The second-order valence-electron chi connectivity index (χ2n) is 2.73. The number of methoxy groups -OCH3 is 1. The van der Waals surface area contributed by atoms with Crippen LogP contribution in [0.3, 0.4) is 0 Å². The first kappa shape index (κ1) is 8.99. The van der Waals surface area contributed by atoms with E-state index in [9.17, 15) is 9.59 Å². The number of ether oxygens (including phenoxy) is 1. The summed E-state index contributed by atoms with van der Waals surface area (Å²) in [5.74, 6) is -1.13. The minimum absolute atomic E-state index is 0.142. The maximum atomic E-state index is 11.1. The molecule has 1 aliphatic heterocycles. The molecule has 0 unspecified atom stereocenters. The molecule has 0 saturated carbocycles. The van der Waals surface area contributed by atoms with E-state index in [-0.39, 0.29) is 18.6 Å². The van der Waals surface area contributed by atoms with Crippen molar-refractivity contribution in [2.24, 2.45) is 0 Å². The lowest BCUT2D eigenvalue weighted by Crippen LogP contribution is -2.31. The van der Waals surface area contributed by atoms with Gasteiger partial charge in [-0.2, -0.15) is 0 Å². The Morgan fingerprint density at radius 3 is 2.92 bits per heavy atom. The zero-order valence-electron chi connectivity index (χ0n) is 6.82. The zero-order chi connectivity index (χ0) is 9.14. The number of aliphatic carboxylic acids is 1. The highest BCUT2D eigenvalue weighted by atomic mass is 16.5. The van der Waals surface area contributed by atoms with Gasteiger partial charge >= 0.3 is 5.97 Å². The standard InChI is InChI=1S/C7H11NO4/c1-12-5-2-6(9)8(3-5)4-7(10)11/h5H,2-4H2,1H3,(H,10,11)/t5-/m0/s1. The van der Waals surface area contributed by atoms with Crippen LogP contribution in [0.1, 0.15) is 6.42 Å². The first-order valence-corrected chi connectivity index (χ1v) is 3.66. The van der Waals surface area contributed by atoms with Crippen LogP contribution in [0.5, 0.6) is 0 Å². The summed E-state index contributed by atoms with van der Waals surface area (Å²) in [6.45, 7) is 0.167. The maximum Gasteiger partial charge on any atom is 0.323 e. The van der Waals surface area contributed by atoms with Gasteiger partial charge in [0.05, 0.1) is 12.5 Å².